The van der Waals surface area contributed by atoms with Crippen molar-refractivity contribution in [2.75, 3.05) is 26.5 Å². The fourth-order valence-corrected chi connectivity index (χ4v) is 3.01. The summed E-state index contributed by atoms with van der Waals surface area (Å²) in [7, 11) is 0. The Morgan fingerprint density at radius 2 is 1.85 bits per heavy atom. The number of aliphatic hydroxyl groups is 2. The van der Waals surface area contributed by atoms with Gasteiger partial charge in [0.15, 0.2) is 6.79 Å². The summed E-state index contributed by atoms with van der Waals surface area (Å²) < 4.78 is 24.0. The standard InChI is InChI=1S/C20H25FN2O4/c21-15-6-8-16(9-7-15)27-13-26-12-18(14-4-2-1-3-5-14)22-10-17-20(25)19(24)11-23-17/h1-9,17-20,22-25H,10-13H2/t17-,18+,19+,20-/m1/s1. The summed E-state index contributed by atoms with van der Waals surface area (Å²) in [5, 5.41) is 26.1. The molecule has 27 heavy (non-hydrogen) atoms. The summed E-state index contributed by atoms with van der Waals surface area (Å²) >= 11 is 0. The minimum absolute atomic E-state index is 0.0413. The second-order valence-electron chi connectivity index (χ2n) is 6.53. The summed E-state index contributed by atoms with van der Waals surface area (Å²) in [6.07, 6.45) is -1.54. The Morgan fingerprint density at radius 1 is 1.11 bits per heavy atom. The maximum atomic E-state index is 12.9. The van der Waals surface area contributed by atoms with Crippen molar-refractivity contribution in [3.05, 3.63) is 66.0 Å². The molecule has 1 fully saturated rings. The number of rotatable bonds is 9. The van der Waals surface area contributed by atoms with Crippen molar-refractivity contribution >= 4 is 0 Å². The number of β-amino-alcohol motifs (C(OH)–C–C–N with tert-alkyl or cyclic N) is 1. The molecule has 0 unspecified atom stereocenters. The maximum absolute atomic E-state index is 12.9. The quantitative estimate of drug-likeness (QED) is 0.389. The smallest absolute Gasteiger partial charge is 0.189 e. The van der Waals surface area contributed by atoms with Gasteiger partial charge in [0.25, 0.3) is 0 Å². The van der Waals surface area contributed by atoms with Gasteiger partial charge in [0.1, 0.15) is 11.6 Å². The van der Waals surface area contributed by atoms with Crippen LogP contribution in [0.5, 0.6) is 5.75 Å². The molecule has 146 valence electrons. The van der Waals surface area contributed by atoms with Gasteiger partial charge in [0, 0.05) is 19.1 Å². The van der Waals surface area contributed by atoms with E-state index >= 15 is 0 Å². The molecule has 4 N–H and O–H groups in total. The topological polar surface area (TPSA) is 83.0 Å². The number of hydrogen-bond acceptors (Lipinski definition) is 6. The van der Waals surface area contributed by atoms with Gasteiger partial charge in [-0.2, -0.15) is 0 Å². The summed E-state index contributed by atoms with van der Waals surface area (Å²) in [5.74, 6) is 0.220. The van der Waals surface area contributed by atoms with Crippen LogP contribution in [0.4, 0.5) is 4.39 Å². The summed E-state index contributed by atoms with van der Waals surface area (Å²) in [6, 6.07) is 15.3. The number of aliphatic hydroxyl groups excluding tert-OH is 2. The molecule has 6 nitrogen and oxygen atoms in total. The lowest BCUT2D eigenvalue weighted by Crippen LogP contribution is -2.43. The lowest BCUT2D eigenvalue weighted by atomic mass is 10.1. The first-order valence-corrected chi connectivity index (χ1v) is 8.97. The molecular weight excluding hydrogens is 351 g/mol. The van der Waals surface area contributed by atoms with Crippen molar-refractivity contribution in [2.45, 2.75) is 24.3 Å². The number of nitrogens with one attached hydrogen (secondary N) is 2. The Labute approximate surface area is 157 Å². The highest BCUT2D eigenvalue weighted by Crippen LogP contribution is 2.16. The van der Waals surface area contributed by atoms with Gasteiger partial charge in [0.05, 0.1) is 24.9 Å². The monoisotopic (exact) mass is 376 g/mol. The van der Waals surface area contributed by atoms with Gasteiger partial charge in [-0.15, -0.1) is 0 Å². The molecule has 1 aliphatic rings. The van der Waals surface area contributed by atoms with E-state index in [9.17, 15) is 14.6 Å². The minimum atomic E-state index is -0.795. The average Bonchev–Trinajstić information content (AvgIpc) is 3.01. The van der Waals surface area contributed by atoms with Crippen molar-refractivity contribution in [1.82, 2.24) is 10.6 Å². The molecule has 1 heterocycles. The van der Waals surface area contributed by atoms with E-state index in [1.165, 1.54) is 12.1 Å². The molecule has 1 aliphatic heterocycles. The number of benzene rings is 2. The fraction of sp³-hybridized carbons (Fsp3) is 0.400. The third kappa shape index (κ3) is 5.72. The molecule has 0 aromatic heterocycles. The Hall–Kier alpha value is -2.03. The maximum Gasteiger partial charge on any atom is 0.189 e. The van der Waals surface area contributed by atoms with E-state index in [1.54, 1.807) is 12.1 Å². The van der Waals surface area contributed by atoms with Crippen LogP contribution in [0, 0.1) is 5.82 Å². The molecule has 4 atom stereocenters. The Kier molecular flexibility index (Phi) is 7.14. The van der Waals surface area contributed by atoms with Gasteiger partial charge in [-0.3, -0.25) is 0 Å². The van der Waals surface area contributed by atoms with Gasteiger partial charge < -0.3 is 30.3 Å². The van der Waals surface area contributed by atoms with Crippen LogP contribution in [-0.4, -0.2) is 55.0 Å². The molecule has 7 heteroatoms. The molecule has 2 aromatic rings. The second-order valence-corrected chi connectivity index (χ2v) is 6.53. The van der Waals surface area contributed by atoms with Crippen LogP contribution in [0.25, 0.3) is 0 Å². The Bertz CT molecular complexity index is 686. The van der Waals surface area contributed by atoms with E-state index in [2.05, 4.69) is 10.6 Å². The van der Waals surface area contributed by atoms with Crippen molar-refractivity contribution in [3.8, 4) is 5.75 Å². The first kappa shape index (κ1) is 19.7. The number of hydrogen-bond donors (Lipinski definition) is 4. The van der Waals surface area contributed by atoms with Crippen LogP contribution in [0.15, 0.2) is 54.6 Å². The van der Waals surface area contributed by atoms with Crippen molar-refractivity contribution in [3.63, 3.8) is 0 Å². The third-order valence-electron chi connectivity index (χ3n) is 4.59. The molecule has 3 rings (SSSR count). The van der Waals surface area contributed by atoms with E-state index < -0.39 is 12.2 Å². The van der Waals surface area contributed by atoms with E-state index in [4.69, 9.17) is 9.47 Å². The summed E-state index contributed by atoms with van der Waals surface area (Å²) in [6.45, 7) is 1.27. The van der Waals surface area contributed by atoms with Gasteiger partial charge in [0.2, 0.25) is 0 Å². The highest BCUT2D eigenvalue weighted by atomic mass is 19.1. The highest BCUT2D eigenvalue weighted by molar-refractivity contribution is 5.22. The average molecular weight is 376 g/mol. The molecule has 0 radical (unpaired) electrons. The van der Waals surface area contributed by atoms with Crippen molar-refractivity contribution in [1.29, 1.82) is 0 Å². The Morgan fingerprint density at radius 3 is 2.52 bits per heavy atom. The first-order valence-electron chi connectivity index (χ1n) is 8.97. The lowest BCUT2D eigenvalue weighted by Gasteiger charge is -2.23. The van der Waals surface area contributed by atoms with E-state index in [0.717, 1.165) is 5.56 Å². The largest absolute Gasteiger partial charge is 0.468 e. The minimum Gasteiger partial charge on any atom is -0.468 e. The van der Waals surface area contributed by atoms with Gasteiger partial charge in [-0.1, -0.05) is 30.3 Å². The van der Waals surface area contributed by atoms with Crippen LogP contribution in [0.2, 0.25) is 0 Å². The molecule has 0 aliphatic carbocycles. The van der Waals surface area contributed by atoms with Gasteiger partial charge >= 0.3 is 0 Å². The van der Waals surface area contributed by atoms with Crippen LogP contribution in [0.1, 0.15) is 11.6 Å². The van der Waals surface area contributed by atoms with E-state index in [1.807, 2.05) is 30.3 Å². The second kappa shape index (κ2) is 9.77. The van der Waals surface area contributed by atoms with Crippen LogP contribution >= 0.6 is 0 Å². The fourth-order valence-electron chi connectivity index (χ4n) is 3.01. The van der Waals surface area contributed by atoms with E-state index in [0.29, 0.717) is 25.4 Å². The Balaban J connectivity index is 1.50. The SMILES string of the molecule is O[C@H]1[C@@H](O)CN[C@@H]1CN[C@@H](COCOc1ccc(F)cc1)c1ccccc1. The molecular formula is C20H25FN2O4. The first-order chi connectivity index (χ1) is 13.1. The lowest BCUT2D eigenvalue weighted by molar-refractivity contribution is 0.00271. The zero-order chi connectivity index (χ0) is 19.1. The summed E-state index contributed by atoms with van der Waals surface area (Å²) in [4.78, 5) is 0. The zero-order valence-electron chi connectivity index (χ0n) is 14.9. The van der Waals surface area contributed by atoms with Crippen molar-refractivity contribution < 1.29 is 24.1 Å². The normalized spacial score (nSPS) is 23.3. The molecule has 0 spiro atoms. The molecule has 0 bridgehead atoms. The van der Waals surface area contributed by atoms with Crippen molar-refractivity contribution in [2.24, 2.45) is 0 Å². The third-order valence-corrected chi connectivity index (χ3v) is 4.59. The highest BCUT2D eigenvalue weighted by Gasteiger charge is 2.33. The van der Waals surface area contributed by atoms with Gasteiger partial charge in [-0.05, 0) is 29.8 Å². The zero-order valence-corrected chi connectivity index (χ0v) is 14.9. The summed E-state index contributed by atoms with van der Waals surface area (Å²) in [5.41, 5.74) is 1.05. The van der Waals surface area contributed by atoms with Crippen LogP contribution in [-0.2, 0) is 4.74 Å². The molecule has 1 saturated heterocycles. The van der Waals surface area contributed by atoms with E-state index in [-0.39, 0.29) is 24.7 Å². The number of ether oxygens (including phenoxy) is 2. The molecule has 0 amide bonds. The predicted octanol–water partition coefficient (Wildman–Crippen LogP) is 1.20. The molecule has 2 aromatic carbocycles. The van der Waals surface area contributed by atoms with Gasteiger partial charge in [-0.25, -0.2) is 4.39 Å². The van der Waals surface area contributed by atoms with Crippen LogP contribution in [0.3, 0.4) is 0 Å². The number of halogens is 1. The molecule has 0 saturated carbocycles. The predicted molar refractivity (Wildman–Crippen MR) is 98.8 cm³/mol. The van der Waals surface area contributed by atoms with Crippen LogP contribution < -0.4 is 15.4 Å².